The normalized spacial score (nSPS) is 10.2. The molecule has 6 heteroatoms. The lowest BCUT2D eigenvalue weighted by Crippen LogP contribution is -3.00. The number of anilines is 1. The van der Waals surface area contributed by atoms with Gasteiger partial charge in [0.15, 0.2) is 5.78 Å². The van der Waals surface area contributed by atoms with Gasteiger partial charge < -0.3 is 21.7 Å². The number of carbonyl (C=O) groups is 1. The summed E-state index contributed by atoms with van der Waals surface area (Å²) in [6, 6.07) is 17.0. The second-order valence-electron chi connectivity index (χ2n) is 5.58. The molecule has 0 fully saturated rings. The molecule has 3 rings (SSSR count). The molecule has 0 radical (unpaired) electrons. The molecule has 0 atom stereocenters. The number of carbonyl (C=O) groups excluding carboxylic acids is 1. The number of aromatic nitrogens is 2. The van der Waals surface area contributed by atoms with E-state index in [2.05, 4.69) is 0 Å². The van der Waals surface area contributed by atoms with Gasteiger partial charge in [0, 0.05) is 11.1 Å². The molecule has 1 aromatic heterocycles. The zero-order valence-electron chi connectivity index (χ0n) is 14.1. The fourth-order valence-electron chi connectivity index (χ4n) is 2.66. The Morgan fingerprint density at radius 1 is 1.16 bits per heavy atom. The molecule has 0 amide bonds. The minimum atomic E-state index is 0. The van der Waals surface area contributed by atoms with Crippen molar-refractivity contribution in [3.05, 3.63) is 66.4 Å². The standard InChI is InChI=1S/C19H19N3O2.BrH/c1-21-17(15-9-6-10-16(11-15)24-2)12-22(19(21)20)13-18(23)14-7-4-3-5-8-14;/h3-12,20H,13H2,1-2H3;1H. The van der Waals surface area contributed by atoms with E-state index >= 15 is 0 Å². The summed E-state index contributed by atoms with van der Waals surface area (Å²) in [6.07, 6.45) is 1.89. The van der Waals surface area contributed by atoms with Gasteiger partial charge in [-0.1, -0.05) is 42.5 Å². The minimum absolute atomic E-state index is 0. The molecule has 0 aliphatic rings. The van der Waals surface area contributed by atoms with Crippen LogP contribution in [0.25, 0.3) is 11.3 Å². The first kappa shape index (κ1) is 18.7. The van der Waals surface area contributed by atoms with Gasteiger partial charge in [-0.25, -0.2) is 9.13 Å². The number of hydrogen-bond donors (Lipinski definition) is 1. The zero-order valence-corrected chi connectivity index (χ0v) is 15.7. The molecular formula is C19H20BrN3O2. The molecule has 5 nitrogen and oxygen atoms in total. The lowest BCUT2D eigenvalue weighted by Gasteiger charge is -2.02. The van der Waals surface area contributed by atoms with Crippen molar-refractivity contribution in [1.82, 2.24) is 4.57 Å². The van der Waals surface area contributed by atoms with E-state index in [4.69, 9.17) is 10.5 Å². The Bertz CT molecular complexity index is 876. The van der Waals surface area contributed by atoms with Crippen LogP contribution >= 0.6 is 0 Å². The number of imidazole rings is 1. The highest BCUT2D eigenvalue weighted by molar-refractivity contribution is 5.95. The SMILES string of the molecule is COc1cccc(-c2c[n+](CC(=O)c3ccccc3)c(N)n2C)c1.[Br-]. The molecule has 2 N–H and O–H groups in total. The number of methoxy groups -OCH3 is 1. The van der Waals surface area contributed by atoms with E-state index in [1.165, 1.54) is 0 Å². The first-order valence-corrected chi connectivity index (χ1v) is 7.67. The second kappa shape index (κ2) is 7.98. The van der Waals surface area contributed by atoms with Gasteiger partial charge in [0.2, 0.25) is 0 Å². The van der Waals surface area contributed by atoms with Crippen LogP contribution in [0.4, 0.5) is 5.95 Å². The number of nitrogen functional groups attached to an aromatic ring is 1. The molecule has 0 saturated carbocycles. The number of Topliss-reactive ketones (excluding diaryl/α,β-unsaturated/α-hetero) is 1. The van der Waals surface area contributed by atoms with Gasteiger partial charge in [-0.05, 0) is 12.1 Å². The van der Waals surface area contributed by atoms with Crippen molar-refractivity contribution in [3.63, 3.8) is 0 Å². The van der Waals surface area contributed by atoms with Gasteiger partial charge in [-0.3, -0.25) is 10.5 Å². The van der Waals surface area contributed by atoms with Crippen LogP contribution < -0.4 is 32.0 Å². The Balaban J connectivity index is 0.00000225. The predicted octanol–water partition coefficient (Wildman–Crippen LogP) is -0.543. The Kier molecular flexibility index (Phi) is 5.98. The summed E-state index contributed by atoms with van der Waals surface area (Å²) in [5.41, 5.74) is 8.76. The molecule has 0 unspecified atom stereocenters. The van der Waals surface area contributed by atoms with E-state index in [1.54, 1.807) is 11.7 Å². The molecule has 0 saturated heterocycles. The van der Waals surface area contributed by atoms with E-state index in [0.29, 0.717) is 11.5 Å². The first-order valence-electron chi connectivity index (χ1n) is 7.67. The topological polar surface area (TPSA) is 61.1 Å². The summed E-state index contributed by atoms with van der Waals surface area (Å²) in [5, 5.41) is 0. The summed E-state index contributed by atoms with van der Waals surface area (Å²) in [4.78, 5) is 12.4. The molecule has 1 heterocycles. The second-order valence-corrected chi connectivity index (χ2v) is 5.58. The highest BCUT2D eigenvalue weighted by Crippen LogP contribution is 2.24. The molecule has 3 aromatic rings. The summed E-state index contributed by atoms with van der Waals surface area (Å²) in [6.45, 7) is 0.202. The number of ether oxygens (including phenoxy) is 1. The molecule has 130 valence electrons. The maximum atomic E-state index is 12.4. The van der Waals surface area contributed by atoms with E-state index in [9.17, 15) is 4.79 Å². The molecule has 25 heavy (non-hydrogen) atoms. The Morgan fingerprint density at radius 2 is 1.88 bits per heavy atom. The summed E-state index contributed by atoms with van der Waals surface area (Å²) in [7, 11) is 3.52. The van der Waals surface area contributed by atoms with Gasteiger partial charge in [0.05, 0.1) is 14.2 Å². The van der Waals surface area contributed by atoms with Gasteiger partial charge in [0.1, 0.15) is 24.2 Å². The molecular weight excluding hydrogens is 382 g/mol. The number of nitrogens with zero attached hydrogens (tertiary/aromatic N) is 2. The molecule has 0 spiro atoms. The minimum Gasteiger partial charge on any atom is -1.00 e. The third-order valence-electron chi connectivity index (χ3n) is 4.05. The summed E-state index contributed by atoms with van der Waals surface area (Å²) in [5.74, 6) is 1.33. The largest absolute Gasteiger partial charge is 1.00 e. The van der Waals surface area contributed by atoms with Crippen molar-refractivity contribution < 1.29 is 31.1 Å². The maximum absolute atomic E-state index is 12.4. The van der Waals surface area contributed by atoms with Crippen molar-refractivity contribution >= 4 is 11.7 Å². The maximum Gasteiger partial charge on any atom is 0.355 e. The smallest absolute Gasteiger partial charge is 0.355 e. The molecule has 0 aliphatic carbocycles. The average molecular weight is 402 g/mol. The van der Waals surface area contributed by atoms with Crippen LogP contribution in [0, 0.1) is 0 Å². The van der Waals surface area contributed by atoms with Crippen LogP contribution in [0.15, 0.2) is 60.8 Å². The third kappa shape index (κ3) is 3.91. The number of hydrogen-bond acceptors (Lipinski definition) is 3. The van der Waals surface area contributed by atoms with Gasteiger partial charge in [-0.15, -0.1) is 0 Å². The number of nitrogens with two attached hydrogens (primary N) is 1. The lowest BCUT2D eigenvalue weighted by atomic mass is 10.1. The Hall–Kier alpha value is -2.60. The lowest BCUT2D eigenvalue weighted by molar-refractivity contribution is -0.667. The van der Waals surface area contributed by atoms with Crippen LogP contribution in [0.5, 0.6) is 5.75 Å². The molecule has 2 aromatic carbocycles. The Morgan fingerprint density at radius 3 is 2.56 bits per heavy atom. The molecule has 0 aliphatic heterocycles. The van der Waals surface area contributed by atoms with Crippen molar-refractivity contribution in [2.45, 2.75) is 6.54 Å². The highest BCUT2D eigenvalue weighted by atomic mass is 79.9. The van der Waals surface area contributed by atoms with Crippen LogP contribution in [0.3, 0.4) is 0 Å². The van der Waals surface area contributed by atoms with Crippen molar-refractivity contribution in [1.29, 1.82) is 0 Å². The monoisotopic (exact) mass is 401 g/mol. The fraction of sp³-hybridized carbons (Fsp3) is 0.158. The first-order chi connectivity index (χ1) is 11.6. The molecule has 0 bridgehead atoms. The fourth-order valence-corrected chi connectivity index (χ4v) is 2.66. The van der Waals surface area contributed by atoms with Crippen molar-refractivity contribution in [2.24, 2.45) is 7.05 Å². The van der Waals surface area contributed by atoms with Crippen LogP contribution in [-0.4, -0.2) is 17.5 Å². The van der Waals surface area contributed by atoms with E-state index in [-0.39, 0.29) is 29.3 Å². The van der Waals surface area contributed by atoms with Crippen LogP contribution in [-0.2, 0) is 13.6 Å². The van der Waals surface area contributed by atoms with Crippen molar-refractivity contribution in [3.8, 4) is 17.0 Å². The van der Waals surface area contributed by atoms with Crippen LogP contribution in [0.2, 0.25) is 0 Å². The van der Waals surface area contributed by atoms with Crippen molar-refractivity contribution in [2.75, 3.05) is 12.8 Å². The number of ketones is 1. The average Bonchev–Trinajstić information content (AvgIpc) is 2.91. The number of benzene rings is 2. The van der Waals surface area contributed by atoms with E-state index in [0.717, 1.165) is 17.0 Å². The van der Waals surface area contributed by atoms with Gasteiger partial charge in [-0.2, -0.15) is 0 Å². The predicted molar refractivity (Wildman–Crippen MR) is 92.8 cm³/mol. The van der Waals surface area contributed by atoms with E-state index < -0.39 is 0 Å². The third-order valence-corrected chi connectivity index (χ3v) is 4.05. The quantitative estimate of drug-likeness (QED) is 0.461. The van der Waals surface area contributed by atoms with E-state index in [1.807, 2.05) is 72.4 Å². The number of rotatable bonds is 5. The van der Waals surface area contributed by atoms with Gasteiger partial charge >= 0.3 is 5.95 Å². The zero-order chi connectivity index (χ0) is 17.1. The van der Waals surface area contributed by atoms with Gasteiger partial charge in [0.25, 0.3) is 0 Å². The highest BCUT2D eigenvalue weighted by Gasteiger charge is 2.20. The summed E-state index contributed by atoms with van der Waals surface area (Å²) < 4.78 is 8.91. The van der Waals surface area contributed by atoms with Crippen LogP contribution in [0.1, 0.15) is 10.4 Å². The Labute approximate surface area is 157 Å². The summed E-state index contributed by atoms with van der Waals surface area (Å²) >= 11 is 0. The number of halogens is 1.